The van der Waals surface area contributed by atoms with E-state index in [1.165, 1.54) is 0 Å². The van der Waals surface area contributed by atoms with E-state index in [1.807, 2.05) is 0 Å². The van der Waals surface area contributed by atoms with Gasteiger partial charge in [0, 0.05) is 0 Å². The fourth-order valence-electron chi connectivity index (χ4n) is 0.201. The molecule has 0 fully saturated rings. The molecule has 0 radical (unpaired) electrons. The summed E-state index contributed by atoms with van der Waals surface area (Å²) < 4.78 is 3.87. The first-order valence-electron chi connectivity index (χ1n) is 2.17. The van der Waals surface area contributed by atoms with Crippen molar-refractivity contribution in [2.45, 2.75) is 6.10 Å². The van der Waals surface area contributed by atoms with Crippen LogP contribution in [-0.4, -0.2) is 28.9 Å². The third kappa shape index (κ3) is 2.69. The summed E-state index contributed by atoms with van der Waals surface area (Å²) in [6.45, 7) is -0.680. The zero-order valence-corrected chi connectivity index (χ0v) is 4.57. The summed E-state index contributed by atoms with van der Waals surface area (Å²) in [4.78, 5) is 10.2. The second kappa shape index (κ2) is 3.89. The second-order valence-corrected chi connectivity index (χ2v) is 1.24. The molecular weight excluding hydrogens is 124 g/mol. The average molecular weight is 130 g/mol. The van der Waals surface area contributed by atoms with Gasteiger partial charge in [-0.3, -0.25) is 0 Å². The van der Waals surface area contributed by atoms with E-state index in [2.05, 4.69) is 11.2 Å². The van der Waals surface area contributed by atoms with E-state index in [0.717, 1.165) is 0 Å². The molecule has 1 unspecified atom stereocenters. The Morgan fingerprint density at radius 3 is 2.78 bits per heavy atom. The molecule has 1 atom stereocenters. The van der Waals surface area contributed by atoms with Crippen molar-refractivity contribution in [1.29, 1.82) is 0 Å². The van der Waals surface area contributed by atoms with Gasteiger partial charge in [0.15, 0.2) is 6.10 Å². The molecule has 0 spiro atoms. The maximum atomic E-state index is 10.2. The molecule has 0 aromatic rings. The summed E-state index contributed by atoms with van der Waals surface area (Å²) in [6.07, 6.45) is 4.57. The molecule has 0 aromatic carbocycles. The van der Waals surface area contributed by atoms with Crippen molar-refractivity contribution in [3.63, 3.8) is 0 Å². The molecule has 0 aliphatic heterocycles. The summed E-state index contributed by atoms with van der Waals surface area (Å²) in [5.74, 6) is -1.01. The van der Waals surface area contributed by atoms with Crippen LogP contribution in [0, 0.1) is 12.5 Å². The van der Waals surface area contributed by atoms with Crippen molar-refractivity contribution in [3.8, 4) is 12.5 Å². The summed E-state index contributed by atoms with van der Waals surface area (Å²) in [5.41, 5.74) is 0. The molecule has 4 nitrogen and oxygen atoms in total. The number of hydrogen-bond acceptors (Lipinski definition) is 4. The first-order valence-corrected chi connectivity index (χ1v) is 2.17. The fraction of sp³-hybridized carbons (Fsp3) is 0.400. The van der Waals surface area contributed by atoms with E-state index >= 15 is 0 Å². The highest BCUT2D eigenvalue weighted by Crippen LogP contribution is 1.83. The minimum absolute atomic E-state index is 0.680. The molecule has 9 heavy (non-hydrogen) atoms. The smallest absolute Gasteiger partial charge is 0.351 e. The van der Waals surface area contributed by atoms with Crippen LogP contribution in [0.3, 0.4) is 0 Å². The van der Waals surface area contributed by atoms with Crippen molar-refractivity contribution in [2.75, 3.05) is 6.61 Å². The number of carbonyl (C=O) groups excluding carboxylic acids is 1. The third-order valence-corrected chi connectivity index (χ3v) is 0.605. The lowest BCUT2D eigenvalue weighted by molar-refractivity contribution is -0.148. The maximum Gasteiger partial charge on any atom is 0.351 e. The number of rotatable bonds is 2. The zero-order chi connectivity index (χ0) is 7.28. The summed E-state index contributed by atoms with van der Waals surface area (Å²) >= 11 is 0. The van der Waals surface area contributed by atoms with Gasteiger partial charge in [0.25, 0.3) is 0 Å². The predicted octanol–water partition coefficient (Wildman–Crippen LogP) is -1.53. The van der Waals surface area contributed by atoms with Gasteiger partial charge in [-0.15, -0.1) is 0 Å². The minimum Gasteiger partial charge on any atom is -0.393 e. The number of ether oxygens (including phenoxy) is 1. The van der Waals surface area contributed by atoms with Crippen molar-refractivity contribution in [1.82, 2.24) is 0 Å². The first-order chi connectivity index (χ1) is 4.22. The van der Waals surface area contributed by atoms with Crippen LogP contribution in [-0.2, 0) is 9.53 Å². The molecule has 0 rings (SSSR count). The van der Waals surface area contributed by atoms with Crippen LogP contribution >= 0.6 is 0 Å². The molecule has 0 saturated carbocycles. The maximum absolute atomic E-state index is 10.2. The van der Waals surface area contributed by atoms with E-state index in [0.29, 0.717) is 0 Å². The number of hydrogen-bond donors (Lipinski definition) is 2. The highest BCUT2D eigenvalue weighted by molar-refractivity contribution is 5.75. The summed E-state index contributed by atoms with van der Waals surface area (Å²) in [7, 11) is 0. The van der Waals surface area contributed by atoms with Crippen LogP contribution in [0.4, 0.5) is 0 Å². The molecule has 0 bridgehead atoms. The third-order valence-electron chi connectivity index (χ3n) is 0.605. The quantitative estimate of drug-likeness (QED) is 0.351. The molecular formula is C5H6O4. The van der Waals surface area contributed by atoms with Crippen molar-refractivity contribution in [3.05, 3.63) is 0 Å². The Balaban J connectivity index is 3.62. The largest absolute Gasteiger partial charge is 0.393 e. The summed E-state index contributed by atoms with van der Waals surface area (Å²) in [6, 6.07) is 0. The minimum atomic E-state index is -1.53. The SMILES string of the molecule is C#COC(=O)C(O)CO. The van der Waals surface area contributed by atoms with E-state index in [9.17, 15) is 4.79 Å². The van der Waals surface area contributed by atoms with Gasteiger partial charge in [-0.2, -0.15) is 0 Å². The molecule has 4 heteroatoms. The molecule has 0 saturated heterocycles. The van der Waals surface area contributed by atoms with Gasteiger partial charge in [-0.25, -0.2) is 4.79 Å². The summed E-state index contributed by atoms with van der Waals surface area (Å²) in [5, 5.41) is 16.5. The molecule has 0 amide bonds. The van der Waals surface area contributed by atoms with E-state index < -0.39 is 18.7 Å². The Morgan fingerprint density at radius 1 is 1.89 bits per heavy atom. The zero-order valence-electron chi connectivity index (χ0n) is 4.57. The lowest BCUT2D eigenvalue weighted by atomic mass is 10.4. The van der Waals surface area contributed by atoms with Gasteiger partial charge in [0.1, 0.15) is 6.11 Å². The van der Waals surface area contributed by atoms with Crippen molar-refractivity contribution < 1.29 is 19.7 Å². The molecule has 0 aliphatic carbocycles. The fourth-order valence-corrected chi connectivity index (χ4v) is 0.201. The number of aliphatic hydroxyl groups excluding tert-OH is 2. The Morgan fingerprint density at radius 2 is 2.44 bits per heavy atom. The second-order valence-electron chi connectivity index (χ2n) is 1.24. The Labute approximate surface area is 52.1 Å². The number of terminal acetylenes is 1. The molecule has 0 heterocycles. The number of aliphatic hydroxyl groups is 2. The van der Waals surface area contributed by atoms with Gasteiger partial charge in [0.2, 0.25) is 0 Å². The molecule has 0 aliphatic rings. The van der Waals surface area contributed by atoms with Gasteiger partial charge in [-0.1, -0.05) is 6.42 Å². The number of esters is 1. The predicted molar refractivity (Wildman–Crippen MR) is 28.0 cm³/mol. The van der Waals surface area contributed by atoms with Crippen molar-refractivity contribution >= 4 is 5.97 Å². The highest BCUT2D eigenvalue weighted by Gasteiger charge is 2.13. The Kier molecular flexibility index (Phi) is 3.44. The lowest BCUT2D eigenvalue weighted by Gasteiger charge is -1.99. The topological polar surface area (TPSA) is 66.8 Å². The highest BCUT2D eigenvalue weighted by atomic mass is 16.5. The lowest BCUT2D eigenvalue weighted by Crippen LogP contribution is -2.24. The Bertz CT molecular complexity index is 134. The van der Waals surface area contributed by atoms with Crippen LogP contribution < -0.4 is 0 Å². The van der Waals surface area contributed by atoms with Crippen LogP contribution in [0.5, 0.6) is 0 Å². The average Bonchev–Trinajstić information content (AvgIpc) is 1.87. The Hall–Kier alpha value is -1.05. The van der Waals surface area contributed by atoms with Crippen LogP contribution in [0.15, 0.2) is 0 Å². The van der Waals surface area contributed by atoms with Crippen LogP contribution in [0.1, 0.15) is 0 Å². The normalized spacial score (nSPS) is 11.7. The van der Waals surface area contributed by atoms with Gasteiger partial charge < -0.3 is 14.9 Å². The van der Waals surface area contributed by atoms with Gasteiger partial charge in [0.05, 0.1) is 6.61 Å². The monoisotopic (exact) mass is 130 g/mol. The first kappa shape index (κ1) is 7.95. The van der Waals surface area contributed by atoms with Gasteiger partial charge >= 0.3 is 5.97 Å². The molecule has 0 aromatic heterocycles. The van der Waals surface area contributed by atoms with E-state index in [-0.39, 0.29) is 0 Å². The standard InChI is InChI=1S/C5H6O4/c1-2-9-5(8)4(7)3-6/h1,4,6-7H,3H2. The van der Waals surface area contributed by atoms with Gasteiger partial charge in [-0.05, 0) is 0 Å². The molecule has 50 valence electrons. The van der Waals surface area contributed by atoms with Crippen LogP contribution in [0.2, 0.25) is 0 Å². The van der Waals surface area contributed by atoms with E-state index in [1.54, 1.807) is 6.11 Å². The molecule has 2 N–H and O–H groups in total. The number of carbonyl (C=O) groups is 1. The van der Waals surface area contributed by atoms with Crippen molar-refractivity contribution in [2.24, 2.45) is 0 Å². The van der Waals surface area contributed by atoms with Crippen LogP contribution in [0.25, 0.3) is 0 Å². The van der Waals surface area contributed by atoms with E-state index in [4.69, 9.17) is 10.2 Å².